The lowest BCUT2D eigenvalue weighted by atomic mass is 9.75. The second-order valence-electron chi connectivity index (χ2n) is 18.2. The molecule has 0 amide bonds. The molecule has 1 unspecified atom stereocenters. The van der Waals surface area contributed by atoms with Crippen molar-refractivity contribution in [2.75, 3.05) is 0 Å². The molecule has 0 fully saturated rings. The highest BCUT2D eigenvalue weighted by Crippen LogP contribution is 2.34. The van der Waals surface area contributed by atoms with E-state index in [1.165, 1.54) is 180 Å². The number of carbonyl (C=O) groups excluding carboxylic acids is 1. The quantitative estimate of drug-likeness (QED) is 0.0411. The van der Waals surface area contributed by atoms with E-state index in [2.05, 4.69) is 20.8 Å². The number of ketones is 1. The van der Waals surface area contributed by atoms with Gasteiger partial charge in [0.15, 0.2) is 0 Å². The van der Waals surface area contributed by atoms with E-state index in [1.807, 2.05) is 0 Å². The second kappa shape index (κ2) is 48.1. The van der Waals surface area contributed by atoms with Crippen molar-refractivity contribution in [1.29, 1.82) is 0 Å². The van der Waals surface area contributed by atoms with Gasteiger partial charge in [-0.05, 0) is 39.0 Å². The van der Waals surface area contributed by atoms with E-state index >= 15 is 0 Å². The molecule has 3 N–H and O–H groups in total. The van der Waals surface area contributed by atoms with Crippen molar-refractivity contribution >= 4 is 23.7 Å². The number of aliphatic carboxylic acids is 3. The van der Waals surface area contributed by atoms with Crippen molar-refractivity contribution in [1.82, 2.24) is 0 Å². The fourth-order valence-electron chi connectivity index (χ4n) is 8.49. The Hall–Kier alpha value is -1.92. The molecule has 0 rings (SSSR count). The maximum atomic E-state index is 12.3. The SMILES string of the molecule is C.CCCCCCCCCCCC(CCCCCCCCCCC(=O)O)C(=O)O.CCCCCCCCCCCCC(CCCCCCCCCCCC)(C(C)=O)C(=O)O. The van der Waals surface area contributed by atoms with E-state index in [9.17, 15) is 29.4 Å². The molecule has 0 saturated heterocycles. The third-order valence-corrected chi connectivity index (χ3v) is 12.7. The molecule has 60 heavy (non-hydrogen) atoms. The fourth-order valence-corrected chi connectivity index (χ4v) is 8.49. The van der Waals surface area contributed by atoms with E-state index in [0.717, 1.165) is 77.0 Å². The number of carbonyl (C=O) groups is 4. The van der Waals surface area contributed by atoms with Gasteiger partial charge >= 0.3 is 17.9 Å². The summed E-state index contributed by atoms with van der Waals surface area (Å²) in [6.07, 6.45) is 47.6. The van der Waals surface area contributed by atoms with Gasteiger partial charge in [0.1, 0.15) is 11.2 Å². The molecule has 0 aliphatic heterocycles. The molecule has 0 aliphatic rings. The van der Waals surface area contributed by atoms with Crippen molar-refractivity contribution in [3.63, 3.8) is 0 Å². The molecular formula is C53H104O7. The third kappa shape index (κ3) is 41.4. The van der Waals surface area contributed by atoms with Crippen LogP contribution in [0.25, 0.3) is 0 Å². The first-order valence-electron chi connectivity index (χ1n) is 25.8. The van der Waals surface area contributed by atoms with Gasteiger partial charge in [0.2, 0.25) is 0 Å². The number of rotatable bonds is 46. The van der Waals surface area contributed by atoms with E-state index in [1.54, 1.807) is 0 Å². The van der Waals surface area contributed by atoms with E-state index in [0.29, 0.717) is 12.8 Å². The molecule has 1 atom stereocenters. The maximum absolute atomic E-state index is 12.3. The first-order chi connectivity index (χ1) is 28.6. The summed E-state index contributed by atoms with van der Waals surface area (Å²) in [5.74, 6) is -2.51. The Bertz CT molecular complexity index is 908. The van der Waals surface area contributed by atoms with Gasteiger partial charge in [0.05, 0.1) is 5.92 Å². The molecule has 0 heterocycles. The normalized spacial score (nSPS) is 11.7. The largest absolute Gasteiger partial charge is 0.481 e. The summed E-state index contributed by atoms with van der Waals surface area (Å²) in [4.78, 5) is 46.2. The Balaban J connectivity index is -0.00000107. The van der Waals surface area contributed by atoms with Crippen LogP contribution in [0, 0.1) is 11.3 Å². The van der Waals surface area contributed by atoms with Gasteiger partial charge in [-0.25, -0.2) is 0 Å². The highest BCUT2D eigenvalue weighted by Gasteiger charge is 2.42. The van der Waals surface area contributed by atoms with Crippen LogP contribution in [0.3, 0.4) is 0 Å². The summed E-state index contributed by atoms with van der Waals surface area (Å²) < 4.78 is 0. The molecule has 0 aromatic rings. The number of hydrogen-bond donors (Lipinski definition) is 3. The maximum Gasteiger partial charge on any atom is 0.317 e. The third-order valence-electron chi connectivity index (χ3n) is 12.7. The zero-order valence-corrected chi connectivity index (χ0v) is 39.8. The van der Waals surface area contributed by atoms with Gasteiger partial charge in [-0.15, -0.1) is 0 Å². The Morgan fingerprint density at radius 2 is 0.633 bits per heavy atom. The van der Waals surface area contributed by atoms with Crippen LogP contribution in [0.4, 0.5) is 0 Å². The average molecular weight is 853 g/mol. The molecule has 0 bridgehead atoms. The van der Waals surface area contributed by atoms with Gasteiger partial charge in [0, 0.05) is 6.42 Å². The van der Waals surface area contributed by atoms with E-state index in [-0.39, 0.29) is 25.5 Å². The van der Waals surface area contributed by atoms with Gasteiger partial charge < -0.3 is 15.3 Å². The molecule has 0 radical (unpaired) electrons. The number of hydrogen-bond acceptors (Lipinski definition) is 4. The lowest BCUT2D eigenvalue weighted by Gasteiger charge is -2.27. The monoisotopic (exact) mass is 853 g/mol. The molecular weight excluding hydrogens is 749 g/mol. The topological polar surface area (TPSA) is 129 Å². The Morgan fingerprint density at radius 1 is 0.383 bits per heavy atom. The minimum absolute atomic E-state index is 0. The molecule has 0 saturated carbocycles. The minimum atomic E-state index is -1.14. The zero-order chi connectivity index (χ0) is 44.1. The Morgan fingerprint density at radius 3 is 0.867 bits per heavy atom. The summed E-state index contributed by atoms with van der Waals surface area (Å²) in [5.41, 5.74) is -1.14. The van der Waals surface area contributed by atoms with Gasteiger partial charge in [-0.3, -0.25) is 19.2 Å². The van der Waals surface area contributed by atoms with Crippen molar-refractivity contribution in [2.45, 2.75) is 305 Å². The predicted octanol–water partition coefficient (Wildman–Crippen LogP) is 17.5. The molecule has 7 nitrogen and oxygen atoms in total. The average Bonchev–Trinajstić information content (AvgIpc) is 3.20. The van der Waals surface area contributed by atoms with Gasteiger partial charge in [-0.2, -0.15) is 0 Å². The molecule has 0 aliphatic carbocycles. The highest BCUT2D eigenvalue weighted by molar-refractivity contribution is 6.01. The van der Waals surface area contributed by atoms with E-state index < -0.39 is 23.3 Å². The first kappa shape index (κ1) is 62.4. The van der Waals surface area contributed by atoms with Crippen LogP contribution in [0.2, 0.25) is 0 Å². The zero-order valence-electron chi connectivity index (χ0n) is 39.8. The molecule has 358 valence electrons. The first-order valence-corrected chi connectivity index (χ1v) is 25.8. The van der Waals surface area contributed by atoms with Gasteiger partial charge in [-0.1, -0.05) is 259 Å². The van der Waals surface area contributed by atoms with Crippen LogP contribution in [-0.4, -0.2) is 39.0 Å². The van der Waals surface area contributed by atoms with Crippen LogP contribution < -0.4 is 0 Å². The summed E-state index contributed by atoms with van der Waals surface area (Å²) in [7, 11) is 0. The van der Waals surface area contributed by atoms with Crippen molar-refractivity contribution < 1.29 is 34.5 Å². The number of carboxylic acids is 3. The standard InChI is InChI=1S/C28H54O3.C24H46O4.CH4/c1-4-6-8-10-12-14-16-18-20-22-24-28(26(3)29,27(30)31)25-23-21-19-17-15-13-11-9-7-5-2;1-2-3-4-5-6-7-10-13-16-19-22(24(27)28)20-17-14-11-8-9-12-15-18-21-23(25)26;/h4-25H2,1-3H3,(H,30,31);22H,2-21H2,1H3,(H,25,26)(H,27,28);1H4. The summed E-state index contributed by atoms with van der Waals surface area (Å²) in [6.45, 7) is 8.22. The number of carboxylic acid groups (broad SMARTS) is 3. The van der Waals surface area contributed by atoms with Crippen molar-refractivity contribution in [3.8, 4) is 0 Å². The van der Waals surface area contributed by atoms with Crippen LogP contribution in [-0.2, 0) is 19.2 Å². The molecule has 0 aromatic carbocycles. The smallest absolute Gasteiger partial charge is 0.317 e. The van der Waals surface area contributed by atoms with Crippen molar-refractivity contribution in [3.05, 3.63) is 0 Å². The Labute approximate surface area is 373 Å². The predicted molar refractivity (Wildman–Crippen MR) is 257 cm³/mol. The Kier molecular flexibility index (Phi) is 50.0. The molecule has 0 aromatic heterocycles. The fraction of sp³-hybridized carbons (Fsp3) is 0.925. The number of unbranched alkanes of at least 4 members (excludes halogenated alkanes) is 33. The second-order valence-corrected chi connectivity index (χ2v) is 18.2. The highest BCUT2D eigenvalue weighted by atomic mass is 16.4. The van der Waals surface area contributed by atoms with Crippen LogP contribution in [0.1, 0.15) is 305 Å². The summed E-state index contributed by atoms with van der Waals surface area (Å²) in [5, 5.41) is 27.9. The van der Waals surface area contributed by atoms with Crippen LogP contribution >= 0.6 is 0 Å². The van der Waals surface area contributed by atoms with Gasteiger partial charge in [0.25, 0.3) is 0 Å². The summed E-state index contributed by atoms with van der Waals surface area (Å²) in [6, 6.07) is 0. The van der Waals surface area contributed by atoms with E-state index in [4.69, 9.17) is 5.11 Å². The van der Waals surface area contributed by atoms with Crippen molar-refractivity contribution in [2.24, 2.45) is 11.3 Å². The molecule has 7 heteroatoms. The van der Waals surface area contributed by atoms with Crippen LogP contribution in [0.15, 0.2) is 0 Å². The minimum Gasteiger partial charge on any atom is -0.481 e. The lowest BCUT2D eigenvalue weighted by Crippen LogP contribution is -2.38. The number of Topliss-reactive ketones (excluding diaryl/α,β-unsaturated/α-hetero) is 1. The summed E-state index contributed by atoms with van der Waals surface area (Å²) >= 11 is 0. The lowest BCUT2D eigenvalue weighted by molar-refractivity contribution is -0.155. The van der Waals surface area contributed by atoms with Crippen LogP contribution in [0.5, 0.6) is 0 Å². The molecule has 0 spiro atoms.